The first-order valence-corrected chi connectivity index (χ1v) is 12.1. The lowest BCUT2D eigenvalue weighted by molar-refractivity contribution is 0.0379. The molecule has 0 spiro atoms. The van der Waals surface area contributed by atoms with E-state index in [1.54, 1.807) is 45.9 Å². The van der Waals surface area contributed by atoms with Gasteiger partial charge in [0, 0.05) is 4.47 Å². The number of thiophene rings is 1. The predicted octanol–water partition coefficient (Wildman–Crippen LogP) is 5.99. The van der Waals surface area contributed by atoms with Crippen LogP contribution in [0.4, 0.5) is 5.00 Å². The first kappa shape index (κ1) is 25.5. The summed E-state index contributed by atoms with van der Waals surface area (Å²) in [6.07, 6.45) is -0.375. The number of rotatable bonds is 9. The summed E-state index contributed by atoms with van der Waals surface area (Å²) < 4.78 is 22.6. The van der Waals surface area contributed by atoms with Crippen molar-refractivity contribution < 1.29 is 33.0 Å². The van der Waals surface area contributed by atoms with Gasteiger partial charge in [-0.05, 0) is 69.7 Å². The Kier molecular flexibility index (Phi) is 8.51. The fourth-order valence-electron chi connectivity index (χ4n) is 2.94. The van der Waals surface area contributed by atoms with Crippen molar-refractivity contribution in [1.82, 2.24) is 0 Å². The molecule has 180 valence electrons. The molecular weight excluding hydrogens is 526 g/mol. The Morgan fingerprint density at radius 1 is 1.09 bits per heavy atom. The molecule has 3 aromatic rings. The summed E-state index contributed by atoms with van der Waals surface area (Å²) in [5.41, 5.74) is 0.493. The normalized spacial score (nSPS) is 10.8. The molecule has 1 amide bonds. The van der Waals surface area contributed by atoms with Crippen LogP contribution < -0.4 is 10.1 Å². The van der Waals surface area contributed by atoms with E-state index in [0.717, 1.165) is 15.8 Å². The number of carbonyl (C=O) groups is 3. The second-order valence-corrected chi connectivity index (χ2v) is 9.33. The molecule has 0 aliphatic carbocycles. The van der Waals surface area contributed by atoms with Gasteiger partial charge in [-0.25, -0.2) is 9.59 Å². The zero-order chi connectivity index (χ0) is 24.8. The number of halogens is 1. The summed E-state index contributed by atoms with van der Waals surface area (Å²) >= 11 is 4.31. The molecule has 0 saturated carbocycles. The van der Waals surface area contributed by atoms with E-state index in [1.807, 2.05) is 12.1 Å². The molecule has 0 aliphatic rings. The Hall–Kier alpha value is -3.11. The van der Waals surface area contributed by atoms with Crippen LogP contribution in [0.1, 0.15) is 62.7 Å². The molecule has 0 bridgehead atoms. The molecule has 1 aromatic carbocycles. The number of nitrogens with one attached hydrogen (secondary N) is 1. The summed E-state index contributed by atoms with van der Waals surface area (Å²) in [5, 5.41) is 2.84. The fourth-order valence-corrected chi connectivity index (χ4v) is 4.29. The minimum atomic E-state index is -0.641. The molecule has 1 N–H and O–H groups in total. The Balaban J connectivity index is 1.78. The number of furan rings is 1. The third kappa shape index (κ3) is 6.27. The second kappa shape index (κ2) is 11.3. The van der Waals surface area contributed by atoms with E-state index in [1.165, 1.54) is 6.07 Å². The summed E-state index contributed by atoms with van der Waals surface area (Å²) in [7, 11) is 0. The van der Waals surface area contributed by atoms with Gasteiger partial charge < -0.3 is 23.9 Å². The van der Waals surface area contributed by atoms with E-state index in [4.69, 9.17) is 18.6 Å². The summed E-state index contributed by atoms with van der Waals surface area (Å²) in [6, 6.07) is 10.5. The minimum absolute atomic E-state index is 0.0290. The maximum absolute atomic E-state index is 12.8. The van der Waals surface area contributed by atoms with Crippen molar-refractivity contribution >= 4 is 50.1 Å². The average molecular weight is 550 g/mol. The van der Waals surface area contributed by atoms with Crippen molar-refractivity contribution in [3.8, 4) is 5.75 Å². The van der Waals surface area contributed by atoms with Crippen LogP contribution in [0.5, 0.6) is 5.75 Å². The van der Waals surface area contributed by atoms with E-state index >= 15 is 0 Å². The molecule has 10 heteroatoms. The van der Waals surface area contributed by atoms with Gasteiger partial charge in [-0.1, -0.05) is 15.9 Å². The largest absolute Gasteiger partial charge is 0.486 e. The standard InChI is InChI=1S/C24H24BrNO7S/c1-5-30-24(29)20-14(4)19(23(28)32-13(2)3)22(34-20)26-21(27)18-11-10-17(33-18)12-31-16-8-6-15(25)7-9-16/h6-11,13H,5,12H2,1-4H3,(H,26,27). The Labute approximate surface area is 209 Å². The number of carbonyl (C=O) groups excluding carboxylic acids is 3. The molecule has 8 nitrogen and oxygen atoms in total. The third-order valence-corrected chi connectivity index (χ3v) is 6.18. The average Bonchev–Trinajstić information content (AvgIpc) is 3.37. The third-order valence-electron chi connectivity index (χ3n) is 4.46. The van der Waals surface area contributed by atoms with Gasteiger partial charge in [0.2, 0.25) is 0 Å². The highest BCUT2D eigenvalue weighted by molar-refractivity contribution is 9.10. The first-order valence-electron chi connectivity index (χ1n) is 10.5. The number of esters is 2. The lowest BCUT2D eigenvalue weighted by Crippen LogP contribution is -2.16. The lowest BCUT2D eigenvalue weighted by Gasteiger charge is -2.10. The van der Waals surface area contributed by atoms with Gasteiger partial charge in [0.05, 0.1) is 18.3 Å². The molecule has 0 saturated heterocycles. The van der Waals surface area contributed by atoms with Crippen LogP contribution in [0.15, 0.2) is 45.3 Å². The second-order valence-electron chi connectivity index (χ2n) is 7.40. The van der Waals surface area contributed by atoms with E-state index in [2.05, 4.69) is 21.2 Å². The molecular formula is C24H24BrNO7S. The Morgan fingerprint density at radius 2 is 1.79 bits per heavy atom. The van der Waals surface area contributed by atoms with Crippen molar-refractivity contribution in [1.29, 1.82) is 0 Å². The lowest BCUT2D eigenvalue weighted by atomic mass is 10.1. The van der Waals surface area contributed by atoms with Gasteiger partial charge in [-0.2, -0.15) is 0 Å². The monoisotopic (exact) mass is 549 g/mol. The number of hydrogen-bond donors (Lipinski definition) is 1. The van der Waals surface area contributed by atoms with Crippen LogP contribution in [0.3, 0.4) is 0 Å². The van der Waals surface area contributed by atoms with Crippen molar-refractivity contribution in [2.45, 2.75) is 40.4 Å². The molecule has 0 unspecified atom stereocenters. The highest BCUT2D eigenvalue weighted by Crippen LogP contribution is 2.35. The Morgan fingerprint density at radius 3 is 2.44 bits per heavy atom. The van der Waals surface area contributed by atoms with Gasteiger partial charge in [-0.3, -0.25) is 4.79 Å². The van der Waals surface area contributed by atoms with Gasteiger partial charge in [0.1, 0.15) is 28.0 Å². The number of anilines is 1. The topological polar surface area (TPSA) is 104 Å². The zero-order valence-electron chi connectivity index (χ0n) is 19.1. The van der Waals surface area contributed by atoms with Crippen LogP contribution in [-0.2, 0) is 16.1 Å². The highest BCUT2D eigenvalue weighted by Gasteiger charge is 2.28. The van der Waals surface area contributed by atoms with E-state index in [9.17, 15) is 14.4 Å². The molecule has 0 atom stereocenters. The van der Waals surface area contributed by atoms with Gasteiger partial charge >= 0.3 is 11.9 Å². The maximum Gasteiger partial charge on any atom is 0.348 e. The number of benzene rings is 1. The molecule has 0 fully saturated rings. The van der Waals surface area contributed by atoms with Crippen LogP contribution in [0, 0.1) is 6.92 Å². The van der Waals surface area contributed by atoms with E-state index in [-0.39, 0.29) is 40.5 Å². The maximum atomic E-state index is 12.8. The molecule has 34 heavy (non-hydrogen) atoms. The SMILES string of the molecule is CCOC(=O)c1sc(NC(=O)c2ccc(COc3ccc(Br)cc3)o2)c(C(=O)OC(C)C)c1C. The van der Waals surface area contributed by atoms with Crippen LogP contribution in [-0.4, -0.2) is 30.6 Å². The smallest absolute Gasteiger partial charge is 0.348 e. The van der Waals surface area contributed by atoms with E-state index in [0.29, 0.717) is 17.1 Å². The number of ether oxygens (including phenoxy) is 3. The highest BCUT2D eigenvalue weighted by atomic mass is 79.9. The minimum Gasteiger partial charge on any atom is -0.486 e. The summed E-state index contributed by atoms with van der Waals surface area (Å²) in [6.45, 7) is 7.04. The van der Waals surface area contributed by atoms with Crippen molar-refractivity contribution in [2.75, 3.05) is 11.9 Å². The van der Waals surface area contributed by atoms with E-state index < -0.39 is 17.8 Å². The van der Waals surface area contributed by atoms with Gasteiger partial charge in [0.15, 0.2) is 5.76 Å². The van der Waals surface area contributed by atoms with Gasteiger partial charge in [-0.15, -0.1) is 11.3 Å². The van der Waals surface area contributed by atoms with Crippen molar-refractivity contribution in [2.24, 2.45) is 0 Å². The fraction of sp³-hybridized carbons (Fsp3) is 0.292. The molecule has 2 heterocycles. The first-order chi connectivity index (χ1) is 16.2. The zero-order valence-corrected chi connectivity index (χ0v) is 21.5. The predicted molar refractivity (Wildman–Crippen MR) is 131 cm³/mol. The van der Waals surface area contributed by atoms with Crippen LogP contribution >= 0.6 is 27.3 Å². The van der Waals surface area contributed by atoms with Gasteiger partial charge in [0.25, 0.3) is 5.91 Å². The van der Waals surface area contributed by atoms with Crippen molar-refractivity contribution in [3.63, 3.8) is 0 Å². The summed E-state index contributed by atoms with van der Waals surface area (Å²) in [5.74, 6) is -0.667. The van der Waals surface area contributed by atoms with Crippen molar-refractivity contribution in [3.05, 3.63) is 68.4 Å². The molecule has 0 aliphatic heterocycles. The Bertz CT molecular complexity index is 1180. The summed E-state index contributed by atoms with van der Waals surface area (Å²) in [4.78, 5) is 38.1. The number of hydrogen-bond acceptors (Lipinski definition) is 8. The quantitative estimate of drug-likeness (QED) is 0.327. The molecule has 2 aromatic heterocycles. The molecule has 3 rings (SSSR count). The van der Waals surface area contributed by atoms with Crippen LogP contribution in [0.25, 0.3) is 0 Å². The molecule has 0 radical (unpaired) electrons. The van der Waals surface area contributed by atoms with Crippen LogP contribution in [0.2, 0.25) is 0 Å². The number of amides is 1.